The fraction of sp³-hybridized carbons (Fsp3) is 0.333. The Morgan fingerprint density at radius 1 is 1.21 bits per heavy atom. The summed E-state index contributed by atoms with van der Waals surface area (Å²) in [6.07, 6.45) is 6.02. The van der Waals surface area contributed by atoms with E-state index in [4.69, 9.17) is 9.52 Å². The fourth-order valence-electron chi connectivity index (χ4n) is 3.70. The third-order valence-corrected chi connectivity index (χ3v) is 6.79. The zero-order chi connectivity index (χ0) is 20.4. The number of benzene rings is 1. The Hall–Kier alpha value is -2.87. The summed E-state index contributed by atoms with van der Waals surface area (Å²) >= 11 is 0. The molecule has 1 amide bonds. The average Bonchev–Trinajstić information content (AvgIpc) is 3.18. The van der Waals surface area contributed by atoms with Crippen molar-refractivity contribution in [2.24, 2.45) is 0 Å². The third kappa shape index (κ3) is 4.12. The van der Waals surface area contributed by atoms with Gasteiger partial charge in [0.05, 0.1) is 21.2 Å². The first-order chi connectivity index (χ1) is 13.9. The van der Waals surface area contributed by atoms with Crippen LogP contribution in [0.5, 0.6) is 5.75 Å². The van der Waals surface area contributed by atoms with Crippen LogP contribution in [0.3, 0.4) is 0 Å². The molecule has 1 aliphatic heterocycles. The van der Waals surface area contributed by atoms with Crippen LogP contribution in [0.15, 0.2) is 45.4 Å². The summed E-state index contributed by atoms with van der Waals surface area (Å²) in [5, 5.41) is 3.93. The Kier molecular flexibility index (Phi) is 5.27. The molecule has 1 atom stereocenters. The number of nitrogens with one attached hydrogen (secondary N) is 3. The van der Waals surface area contributed by atoms with Crippen LogP contribution < -0.4 is 15.6 Å². The minimum Gasteiger partial charge on any atom is -0.493 e. The number of H-pyrrole nitrogens is 1. The van der Waals surface area contributed by atoms with E-state index in [-0.39, 0.29) is 12.1 Å². The van der Waals surface area contributed by atoms with Gasteiger partial charge in [-0.3, -0.25) is 9.59 Å². The molecule has 8 heteroatoms. The summed E-state index contributed by atoms with van der Waals surface area (Å²) in [6, 6.07) is 6.79. The molecule has 0 saturated heterocycles. The van der Waals surface area contributed by atoms with E-state index in [1.807, 2.05) is 0 Å². The maximum atomic E-state index is 12.7. The van der Waals surface area contributed by atoms with E-state index >= 15 is 0 Å². The highest BCUT2D eigenvalue weighted by molar-refractivity contribution is 7.95. The number of hydrogen-bond donors (Lipinski definition) is 3. The number of hydrogen-bond acceptors (Lipinski definition) is 5. The molecular formula is C21H23N3O4S. The Bertz CT molecular complexity index is 1150. The van der Waals surface area contributed by atoms with Crippen LogP contribution in [-0.2, 0) is 29.0 Å². The van der Waals surface area contributed by atoms with Crippen LogP contribution in [0.4, 0.5) is 0 Å². The van der Waals surface area contributed by atoms with E-state index in [0.717, 1.165) is 54.7 Å². The van der Waals surface area contributed by atoms with Gasteiger partial charge in [0.15, 0.2) is 0 Å². The van der Waals surface area contributed by atoms with E-state index in [0.29, 0.717) is 11.5 Å². The molecule has 2 aliphatic rings. The molecule has 1 aromatic heterocycles. The van der Waals surface area contributed by atoms with Gasteiger partial charge in [0.1, 0.15) is 11.3 Å². The van der Waals surface area contributed by atoms with Crippen molar-refractivity contribution in [1.82, 2.24) is 10.3 Å². The van der Waals surface area contributed by atoms with Crippen LogP contribution >= 0.6 is 0 Å². The standard InChI is InChI=1S/C21H23N3O4S/c22-29(27,16-6-7-19-15(12-16)8-10-28-19)11-3-9-23-20(25)17-13-14-4-1-2-5-18(14)24-21(17)26/h3,6-7,11-13,22H,1-2,4-5,8-10H2,(H,23,25)(H,24,26)/b11-3+. The normalized spacial score (nSPS) is 17.2. The predicted molar refractivity (Wildman–Crippen MR) is 110 cm³/mol. The lowest BCUT2D eigenvalue weighted by molar-refractivity contribution is 0.0956. The van der Waals surface area contributed by atoms with Crippen LogP contribution in [0.1, 0.15) is 40.0 Å². The average molecular weight is 413 g/mol. The van der Waals surface area contributed by atoms with Crippen LogP contribution in [0, 0.1) is 4.78 Å². The van der Waals surface area contributed by atoms with Crippen molar-refractivity contribution < 1.29 is 13.7 Å². The van der Waals surface area contributed by atoms with Crippen molar-refractivity contribution in [3.8, 4) is 5.75 Å². The molecule has 0 bridgehead atoms. The summed E-state index contributed by atoms with van der Waals surface area (Å²) in [5.74, 6) is 0.297. The molecule has 0 spiro atoms. The SMILES string of the molecule is N=S(=O)(/C=C/CNC(=O)c1cc2c([nH]c1=O)CCCC2)c1ccc2c(c1)CCO2. The molecule has 152 valence electrons. The van der Waals surface area contributed by atoms with Gasteiger partial charge in [0, 0.05) is 24.1 Å². The number of aryl methyl sites for hydroxylation is 2. The lowest BCUT2D eigenvalue weighted by atomic mass is 9.95. The molecule has 2 heterocycles. The number of carbonyl (C=O) groups excluding carboxylic acids is 1. The second-order valence-corrected chi connectivity index (χ2v) is 9.22. The second-order valence-electron chi connectivity index (χ2n) is 7.27. The largest absolute Gasteiger partial charge is 0.493 e. The molecule has 0 radical (unpaired) electrons. The Morgan fingerprint density at radius 3 is 2.90 bits per heavy atom. The van der Waals surface area contributed by atoms with Crippen molar-refractivity contribution >= 4 is 15.6 Å². The van der Waals surface area contributed by atoms with Gasteiger partial charge in [-0.05, 0) is 61.1 Å². The zero-order valence-corrected chi connectivity index (χ0v) is 16.8. The first kappa shape index (κ1) is 19.4. The number of rotatable bonds is 5. The molecule has 1 aliphatic carbocycles. The van der Waals surface area contributed by atoms with E-state index in [1.54, 1.807) is 24.3 Å². The number of aromatic nitrogens is 1. The van der Waals surface area contributed by atoms with Gasteiger partial charge in [-0.2, -0.15) is 0 Å². The van der Waals surface area contributed by atoms with Gasteiger partial charge in [0.2, 0.25) is 0 Å². The summed E-state index contributed by atoms with van der Waals surface area (Å²) in [6.45, 7) is 0.682. The van der Waals surface area contributed by atoms with Crippen LogP contribution in [-0.4, -0.2) is 28.3 Å². The number of fused-ring (bicyclic) bond motifs is 2. The van der Waals surface area contributed by atoms with Crippen molar-refractivity contribution in [1.29, 1.82) is 4.78 Å². The maximum absolute atomic E-state index is 12.7. The Balaban J connectivity index is 1.41. The molecule has 29 heavy (non-hydrogen) atoms. The first-order valence-corrected chi connectivity index (χ1v) is 11.3. The summed E-state index contributed by atoms with van der Waals surface area (Å²) in [5.41, 5.74) is 2.59. The van der Waals surface area contributed by atoms with Gasteiger partial charge in [-0.1, -0.05) is 6.08 Å². The molecule has 0 saturated carbocycles. The van der Waals surface area contributed by atoms with E-state index in [2.05, 4.69) is 10.3 Å². The quantitative estimate of drug-likeness (QED) is 0.699. The van der Waals surface area contributed by atoms with E-state index in [9.17, 15) is 13.8 Å². The Morgan fingerprint density at radius 2 is 2.03 bits per heavy atom. The highest BCUT2D eigenvalue weighted by Gasteiger charge is 2.17. The predicted octanol–water partition coefficient (Wildman–Crippen LogP) is 2.54. The zero-order valence-electron chi connectivity index (χ0n) is 16.0. The van der Waals surface area contributed by atoms with Crippen molar-refractivity contribution in [2.75, 3.05) is 13.2 Å². The molecule has 3 N–H and O–H groups in total. The number of aromatic amines is 1. The summed E-state index contributed by atoms with van der Waals surface area (Å²) in [4.78, 5) is 27.8. The topological polar surface area (TPSA) is 112 Å². The fourth-order valence-corrected chi connectivity index (χ4v) is 4.82. The molecule has 4 rings (SSSR count). The number of pyridine rings is 1. The number of ether oxygens (including phenoxy) is 1. The minimum absolute atomic E-state index is 0.0826. The minimum atomic E-state index is -3.12. The lowest BCUT2D eigenvalue weighted by Gasteiger charge is -2.15. The Labute approximate surface area is 169 Å². The molecule has 1 aromatic carbocycles. The highest BCUT2D eigenvalue weighted by atomic mass is 32.2. The van der Waals surface area contributed by atoms with Gasteiger partial charge in [-0.15, -0.1) is 0 Å². The lowest BCUT2D eigenvalue weighted by Crippen LogP contribution is -2.31. The van der Waals surface area contributed by atoms with Crippen molar-refractivity contribution in [3.05, 3.63) is 68.5 Å². The number of amides is 1. The van der Waals surface area contributed by atoms with Crippen LogP contribution in [0.25, 0.3) is 0 Å². The maximum Gasteiger partial charge on any atom is 0.261 e. The first-order valence-electron chi connectivity index (χ1n) is 9.68. The number of carbonyl (C=O) groups is 1. The van der Waals surface area contributed by atoms with Gasteiger partial charge in [-0.25, -0.2) is 8.99 Å². The monoisotopic (exact) mass is 413 g/mol. The third-order valence-electron chi connectivity index (χ3n) is 5.26. The van der Waals surface area contributed by atoms with Crippen LogP contribution in [0.2, 0.25) is 0 Å². The summed E-state index contributed by atoms with van der Waals surface area (Å²) < 4.78 is 26.3. The molecule has 7 nitrogen and oxygen atoms in total. The van der Waals surface area contributed by atoms with Gasteiger partial charge in [0.25, 0.3) is 11.5 Å². The van der Waals surface area contributed by atoms with Gasteiger partial charge >= 0.3 is 0 Å². The smallest absolute Gasteiger partial charge is 0.261 e. The van der Waals surface area contributed by atoms with E-state index in [1.165, 1.54) is 11.5 Å². The highest BCUT2D eigenvalue weighted by Crippen LogP contribution is 2.28. The summed E-state index contributed by atoms with van der Waals surface area (Å²) in [7, 11) is -3.12. The van der Waals surface area contributed by atoms with Gasteiger partial charge < -0.3 is 15.0 Å². The van der Waals surface area contributed by atoms with Crippen molar-refractivity contribution in [3.63, 3.8) is 0 Å². The molecule has 2 aromatic rings. The van der Waals surface area contributed by atoms with E-state index < -0.39 is 21.2 Å². The molecule has 0 fully saturated rings. The second kappa shape index (κ2) is 7.87. The molecule has 1 unspecified atom stereocenters. The van der Waals surface area contributed by atoms with Crippen molar-refractivity contribution in [2.45, 2.75) is 37.0 Å². The molecular weight excluding hydrogens is 390 g/mol.